The van der Waals surface area contributed by atoms with Gasteiger partial charge in [0.05, 0.1) is 12.5 Å². The lowest BCUT2D eigenvalue weighted by atomic mass is 9.97. The first kappa shape index (κ1) is 27.6. The molecule has 0 spiro atoms. The number of amides is 3. The van der Waals surface area contributed by atoms with E-state index < -0.39 is 11.7 Å². The minimum Gasteiger partial charge on any atom is -0.466 e. The van der Waals surface area contributed by atoms with Gasteiger partial charge in [0.2, 0.25) is 0 Å². The first-order chi connectivity index (χ1) is 17.1. The number of carbonyl (C=O) groups excluding carboxylic acids is 3. The van der Waals surface area contributed by atoms with Gasteiger partial charge in [0.15, 0.2) is 0 Å². The Kier molecular flexibility index (Phi) is 9.84. The SMILES string of the molecule is CCOC(=O)C1CCN(C(=O)N2CCC(Nc3ccc(CCNC(=O)OC(C)(C)C)cc3)CC2)CC1. The van der Waals surface area contributed by atoms with Crippen LogP contribution in [0.25, 0.3) is 0 Å². The molecule has 200 valence electrons. The van der Waals surface area contributed by atoms with Gasteiger partial charge in [-0.1, -0.05) is 12.1 Å². The maximum atomic E-state index is 12.9. The number of hydrogen-bond acceptors (Lipinski definition) is 6. The third-order valence-electron chi connectivity index (χ3n) is 6.56. The van der Waals surface area contributed by atoms with Crippen LogP contribution in [0.4, 0.5) is 15.3 Å². The number of benzene rings is 1. The predicted molar refractivity (Wildman–Crippen MR) is 139 cm³/mol. The van der Waals surface area contributed by atoms with Gasteiger partial charge in [-0.2, -0.15) is 0 Å². The molecule has 2 fully saturated rings. The van der Waals surface area contributed by atoms with Crippen molar-refractivity contribution < 1.29 is 23.9 Å². The first-order valence-electron chi connectivity index (χ1n) is 13.2. The number of hydrogen-bond donors (Lipinski definition) is 2. The number of piperidine rings is 2. The van der Waals surface area contributed by atoms with Gasteiger partial charge in [0.25, 0.3) is 0 Å². The second-order valence-electron chi connectivity index (χ2n) is 10.6. The van der Waals surface area contributed by atoms with Crippen molar-refractivity contribution in [3.8, 4) is 0 Å². The van der Waals surface area contributed by atoms with Crippen LogP contribution >= 0.6 is 0 Å². The van der Waals surface area contributed by atoms with Crippen LogP contribution in [0.5, 0.6) is 0 Å². The van der Waals surface area contributed by atoms with E-state index >= 15 is 0 Å². The molecule has 2 heterocycles. The summed E-state index contributed by atoms with van der Waals surface area (Å²) in [6.07, 6.45) is 3.48. The van der Waals surface area contributed by atoms with Crippen LogP contribution in [-0.4, -0.2) is 78.9 Å². The molecule has 0 radical (unpaired) electrons. The van der Waals surface area contributed by atoms with Crippen molar-refractivity contribution >= 4 is 23.8 Å². The lowest BCUT2D eigenvalue weighted by molar-refractivity contribution is -0.149. The average Bonchev–Trinajstić information content (AvgIpc) is 2.84. The second-order valence-corrected chi connectivity index (χ2v) is 10.6. The quantitative estimate of drug-likeness (QED) is 0.546. The summed E-state index contributed by atoms with van der Waals surface area (Å²) in [6.45, 7) is 11.0. The fraction of sp³-hybridized carbons (Fsp3) is 0.667. The Morgan fingerprint density at radius 3 is 2.08 bits per heavy atom. The standard InChI is InChI=1S/C27H42N4O5/c1-5-35-24(32)21-11-16-30(17-12-21)26(34)31-18-13-23(14-19-31)29-22-8-6-20(7-9-22)10-15-28-25(33)36-27(2,3)4/h6-9,21,23,29H,5,10-19H2,1-4H3,(H,28,33). The summed E-state index contributed by atoms with van der Waals surface area (Å²) in [6, 6.07) is 8.67. The number of anilines is 1. The van der Waals surface area contributed by atoms with Crippen molar-refractivity contribution in [2.75, 3.05) is 44.6 Å². The van der Waals surface area contributed by atoms with Crippen LogP contribution < -0.4 is 10.6 Å². The zero-order valence-corrected chi connectivity index (χ0v) is 22.2. The third-order valence-corrected chi connectivity index (χ3v) is 6.56. The first-order valence-corrected chi connectivity index (χ1v) is 13.2. The van der Waals surface area contributed by atoms with Gasteiger partial charge < -0.3 is 29.9 Å². The molecule has 0 atom stereocenters. The Hall–Kier alpha value is -2.97. The van der Waals surface area contributed by atoms with Crippen molar-refractivity contribution in [1.29, 1.82) is 0 Å². The van der Waals surface area contributed by atoms with Gasteiger partial charge in [-0.25, -0.2) is 9.59 Å². The van der Waals surface area contributed by atoms with Crippen LogP contribution in [0.15, 0.2) is 24.3 Å². The normalized spacial score (nSPS) is 17.4. The van der Waals surface area contributed by atoms with Crippen LogP contribution in [0.3, 0.4) is 0 Å². The van der Waals surface area contributed by atoms with Crippen molar-refractivity contribution in [2.45, 2.75) is 71.4 Å². The Balaban J connectivity index is 1.35. The summed E-state index contributed by atoms with van der Waals surface area (Å²) in [7, 11) is 0. The summed E-state index contributed by atoms with van der Waals surface area (Å²) >= 11 is 0. The van der Waals surface area contributed by atoms with Gasteiger partial charge in [-0.05, 0) is 77.5 Å². The van der Waals surface area contributed by atoms with E-state index in [2.05, 4.69) is 34.9 Å². The highest BCUT2D eigenvalue weighted by Gasteiger charge is 2.31. The molecule has 2 N–H and O–H groups in total. The summed E-state index contributed by atoms with van der Waals surface area (Å²) in [5, 5.41) is 6.37. The zero-order chi connectivity index (χ0) is 26.1. The molecule has 9 nitrogen and oxygen atoms in total. The van der Waals surface area contributed by atoms with E-state index in [0.717, 1.165) is 43.6 Å². The van der Waals surface area contributed by atoms with E-state index in [1.165, 1.54) is 0 Å². The molecule has 0 aromatic heterocycles. The van der Waals surface area contributed by atoms with E-state index in [-0.39, 0.29) is 17.9 Å². The number of carbonyl (C=O) groups is 3. The molecule has 0 saturated carbocycles. The maximum Gasteiger partial charge on any atom is 0.407 e. The molecule has 3 rings (SSSR count). The second kappa shape index (κ2) is 12.8. The summed E-state index contributed by atoms with van der Waals surface area (Å²) in [4.78, 5) is 40.4. The van der Waals surface area contributed by atoms with E-state index in [0.29, 0.717) is 45.1 Å². The smallest absolute Gasteiger partial charge is 0.407 e. The van der Waals surface area contributed by atoms with Crippen molar-refractivity contribution in [1.82, 2.24) is 15.1 Å². The van der Waals surface area contributed by atoms with Crippen LogP contribution in [0.2, 0.25) is 0 Å². The van der Waals surface area contributed by atoms with Crippen molar-refractivity contribution in [2.24, 2.45) is 5.92 Å². The highest BCUT2D eigenvalue weighted by molar-refractivity contribution is 5.76. The fourth-order valence-corrected chi connectivity index (χ4v) is 4.61. The predicted octanol–water partition coefficient (Wildman–Crippen LogP) is 4.03. The van der Waals surface area contributed by atoms with Crippen LogP contribution in [-0.2, 0) is 20.7 Å². The number of rotatable bonds is 7. The van der Waals surface area contributed by atoms with Crippen LogP contribution in [0, 0.1) is 5.92 Å². The molecule has 1 aromatic rings. The Morgan fingerprint density at radius 1 is 0.944 bits per heavy atom. The van der Waals surface area contributed by atoms with Gasteiger partial charge in [0.1, 0.15) is 5.60 Å². The molecular formula is C27H42N4O5. The highest BCUT2D eigenvalue weighted by atomic mass is 16.6. The number of ether oxygens (including phenoxy) is 2. The van der Waals surface area contributed by atoms with Gasteiger partial charge in [-0.15, -0.1) is 0 Å². The van der Waals surface area contributed by atoms with Gasteiger partial charge >= 0.3 is 18.1 Å². The Labute approximate surface area is 214 Å². The molecule has 9 heteroatoms. The molecule has 0 aliphatic carbocycles. The van der Waals surface area contributed by atoms with Crippen LogP contribution in [0.1, 0.15) is 58.9 Å². The molecule has 2 aliphatic rings. The third kappa shape index (κ3) is 8.60. The number of urea groups is 1. The topological polar surface area (TPSA) is 100 Å². The van der Waals surface area contributed by atoms with Gasteiger partial charge in [0, 0.05) is 44.5 Å². The minimum atomic E-state index is -0.497. The Morgan fingerprint density at radius 2 is 1.53 bits per heavy atom. The molecule has 2 saturated heterocycles. The van der Waals surface area contributed by atoms with E-state index in [1.54, 1.807) is 0 Å². The largest absolute Gasteiger partial charge is 0.466 e. The Bertz CT molecular complexity index is 867. The zero-order valence-electron chi connectivity index (χ0n) is 22.2. The maximum absolute atomic E-state index is 12.9. The summed E-state index contributed by atoms with van der Waals surface area (Å²) in [5.41, 5.74) is 1.71. The summed E-state index contributed by atoms with van der Waals surface area (Å²) in [5.74, 6) is -0.224. The van der Waals surface area contributed by atoms with Crippen molar-refractivity contribution in [3.05, 3.63) is 29.8 Å². The minimum absolute atomic E-state index is 0.0834. The molecule has 1 aromatic carbocycles. The number of esters is 1. The monoisotopic (exact) mass is 502 g/mol. The van der Waals surface area contributed by atoms with E-state index in [9.17, 15) is 14.4 Å². The fourth-order valence-electron chi connectivity index (χ4n) is 4.61. The van der Waals surface area contributed by atoms with Gasteiger partial charge in [-0.3, -0.25) is 4.79 Å². The lowest BCUT2D eigenvalue weighted by Gasteiger charge is -2.38. The number of alkyl carbamates (subject to hydrolysis) is 1. The molecule has 3 amide bonds. The highest BCUT2D eigenvalue weighted by Crippen LogP contribution is 2.22. The summed E-state index contributed by atoms with van der Waals surface area (Å²) < 4.78 is 10.4. The van der Waals surface area contributed by atoms with E-state index in [1.807, 2.05) is 37.5 Å². The molecule has 2 aliphatic heterocycles. The number of likely N-dealkylation sites (tertiary alicyclic amines) is 2. The molecular weight excluding hydrogens is 460 g/mol. The number of nitrogens with zero attached hydrogens (tertiary/aromatic N) is 2. The lowest BCUT2D eigenvalue weighted by Crippen LogP contribution is -2.51. The molecule has 36 heavy (non-hydrogen) atoms. The number of nitrogens with one attached hydrogen (secondary N) is 2. The van der Waals surface area contributed by atoms with Crippen molar-refractivity contribution in [3.63, 3.8) is 0 Å². The molecule has 0 bridgehead atoms. The molecule has 0 unspecified atom stereocenters. The average molecular weight is 503 g/mol. The van der Waals surface area contributed by atoms with E-state index in [4.69, 9.17) is 9.47 Å².